The fraction of sp³-hybridized carbons (Fsp3) is 0.440. The number of methoxy groups -OCH3 is 1. The van der Waals surface area contributed by atoms with Gasteiger partial charge in [0.1, 0.15) is 15.7 Å². The summed E-state index contributed by atoms with van der Waals surface area (Å²) in [7, 11) is -1.56. The average molecular weight is 468 g/mol. The Bertz CT molecular complexity index is 1290. The van der Waals surface area contributed by atoms with Crippen LogP contribution in [0.25, 0.3) is 11.0 Å². The van der Waals surface area contributed by atoms with Gasteiger partial charge in [-0.05, 0) is 50.3 Å². The lowest BCUT2D eigenvalue weighted by atomic mass is 9.95. The van der Waals surface area contributed by atoms with Crippen molar-refractivity contribution < 1.29 is 17.9 Å². The molecule has 174 valence electrons. The normalized spacial score (nSPS) is 20.5. The number of rotatable bonds is 3. The standard InChI is InChI=1S/C25H29N3O4S/c1-17-8-9-20-21(27(17)25(29)32-2)10-11-22-24(20)26-23(16-18-6-4-3-5-7-18)28(22)19-12-14-33(30,31)15-13-19/h3-7,10-11,17,19H,8-9,12-16H2,1-2H3/t17-/m0/s1. The zero-order valence-corrected chi connectivity index (χ0v) is 19.8. The number of benzene rings is 2. The Kier molecular flexibility index (Phi) is 5.64. The summed E-state index contributed by atoms with van der Waals surface area (Å²) in [6, 6.07) is 14.4. The number of aromatic nitrogens is 2. The Hall–Kier alpha value is -2.87. The smallest absolute Gasteiger partial charge is 0.414 e. The summed E-state index contributed by atoms with van der Waals surface area (Å²) in [4.78, 5) is 19.4. The highest BCUT2D eigenvalue weighted by molar-refractivity contribution is 7.91. The first kappa shape index (κ1) is 21.9. The molecule has 33 heavy (non-hydrogen) atoms. The fourth-order valence-electron chi connectivity index (χ4n) is 5.27. The van der Waals surface area contributed by atoms with Crippen LogP contribution in [0.1, 0.15) is 49.2 Å². The molecule has 0 unspecified atom stereocenters. The lowest BCUT2D eigenvalue weighted by Crippen LogP contribution is -2.42. The molecule has 2 aromatic carbocycles. The van der Waals surface area contributed by atoms with Gasteiger partial charge in [0.15, 0.2) is 0 Å². The van der Waals surface area contributed by atoms with Crippen LogP contribution < -0.4 is 4.90 Å². The van der Waals surface area contributed by atoms with E-state index in [1.165, 1.54) is 7.11 Å². The van der Waals surface area contributed by atoms with E-state index in [9.17, 15) is 13.2 Å². The molecular formula is C25H29N3O4S. The van der Waals surface area contributed by atoms with Gasteiger partial charge in [-0.15, -0.1) is 0 Å². The molecule has 0 spiro atoms. The fourth-order valence-corrected chi connectivity index (χ4v) is 6.74. The molecule has 0 bridgehead atoms. The van der Waals surface area contributed by atoms with E-state index in [1.807, 2.05) is 37.3 Å². The molecule has 3 heterocycles. The van der Waals surface area contributed by atoms with Gasteiger partial charge in [0.2, 0.25) is 0 Å². The molecule has 0 saturated carbocycles. The molecule has 2 aliphatic heterocycles. The summed E-state index contributed by atoms with van der Waals surface area (Å²) >= 11 is 0. The van der Waals surface area contributed by atoms with Crippen molar-refractivity contribution in [1.29, 1.82) is 0 Å². The molecule has 1 fully saturated rings. The van der Waals surface area contributed by atoms with Crippen molar-refractivity contribution in [3.05, 3.63) is 59.4 Å². The number of anilines is 1. The van der Waals surface area contributed by atoms with E-state index in [0.29, 0.717) is 19.3 Å². The van der Waals surface area contributed by atoms with Crippen LogP contribution in [-0.2, 0) is 27.4 Å². The van der Waals surface area contributed by atoms with Gasteiger partial charge in [0, 0.05) is 24.1 Å². The number of hydrogen-bond donors (Lipinski definition) is 0. The molecule has 5 rings (SSSR count). The Morgan fingerprint density at radius 2 is 1.82 bits per heavy atom. The van der Waals surface area contributed by atoms with Gasteiger partial charge < -0.3 is 9.30 Å². The van der Waals surface area contributed by atoms with Crippen molar-refractivity contribution in [2.24, 2.45) is 0 Å². The predicted octanol–water partition coefficient (Wildman–Crippen LogP) is 4.28. The predicted molar refractivity (Wildman–Crippen MR) is 129 cm³/mol. The van der Waals surface area contributed by atoms with Gasteiger partial charge >= 0.3 is 6.09 Å². The minimum absolute atomic E-state index is 0.0526. The van der Waals surface area contributed by atoms with Crippen molar-refractivity contribution >= 4 is 32.7 Å². The van der Waals surface area contributed by atoms with Crippen molar-refractivity contribution in [3.8, 4) is 0 Å². The number of nitrogens with zero attached hydrogens (tertiary/aromatic N) is 3. The monoisotopic (exact) mass is 467 g/mol. The van der Waals surface area contributed by atoms with E-state index in [1.54, 1.807) is 4.90 Å². The minimum Gasteiger partial charge on any atom is -0.452 e. The van der Waals surface area contributed by atoms with Crippen molar-refractivity contribution in [2.45, 2.75) is 51.1 Å². The first-order valence-electron chi connectivity index (χ1n) is 11.5. The zero-order chi connectivity index (χ0) is 23.2. The second-order valence-corrected chi connectivity index (χ2v) is 11.4. The Labute approximate surface area is 194 Å². The average Bonchev–Trinajstić information content (AvgIpc) is 3.17. The molecule has 1 amide bonds. The van der Waals surface area contributed by atoms with Crippen LogP contribution in [-0.4, -0.2) is 48.7 Å². The summed E-state index contributed by atoms with van der Waals surface area (Å²) in [5, 5.41) is 0. The first-order valence-corrected chi connectivity index (χ1v) is 13.3. The number of sulfone groups is 1. The number of fused-ring (bicyclic) bond motifs is 3. The molecule has 2 aliphatic rings. The number of imidazole rings is 1. The lowest BCUT2D eigenvalue weighted by Gasteiger charge is -2.34. The highest BCUT2D eigenvalue weighted by Gasteiger charge is 2.33. The second kappa shape index (κ2) is 8.48. The Morgan fingerprint density at radius 1 is 1.09 bits per heavy atom. The molecule has 0 radical (unpaired) electrons. The first-order chi connectivity index (χ1) is 15.9. The van der Waals surface area contributed by atoms with Crippen LogP contribution in [0.15, 0.2) is 42.5 Å². The summed E-state index contributed by atoms with van der Waals surface area (Å²) < 4.78 is 31.5. The number of amides is 1. The topological polar surface area (TPSA) is 81.5 Å². The van der Waals surface area contributed by atoms with Crippen molar-refractivity contribution in [2.75, 3.05) is 23.5 Å². The number of ether oxygens (including phenoxy) is 1. The molecular weight excluding hydrogens is 438 g/mol. The van der Waals surface area contributed by atoms with E-state index in [-0.39, 0.29) is 29.7 Å². The van der Waals surface area contributed by atoms with E-state index < -0.39 is 9.84 Å². The van der Waals surface area contributed by atoms with Gasteiger partial charge in [0.05, 0.1) is 35.3 Å². The van der Waals surface area contributed by atoms with Crippen LogP contribution in [0, 0.1) is 0 Å². The SMILES string of the molecule is COC(=O)N1c2ccc3c(nc(Cc4ccccc4)n3C3CCS(=O)(=O)CC3)c2CC[C@@H]1C. The van der Waals surface area contributed by atoms with Gasteiger partial charge in [-0.1, -0.05) is 30.3 Å². The van der Waals surface area contributed by atoms with E-state index in [2.05, 4.69) is 16.7 Å². The summed E-state index contributed by atoms with van der Waals surface area (Å²) in [6.07, 6.45) is 3.18. The van der Waals surface area contributed by atoms with Crippen LogP contribution in [0.4, 0.5) is 10.5 Å². The second-order valence-electron chi connectivity index (χ2n) is 9.10. The highest BCUT2D eigenvalue weighted by Crippen LogP contribution is 2.39. The van der Waals surface area contributed by atoms with Gasteiger partial charge in [-0.3, -0.25) is 4.90 Å². The maximum absolute atomic E-state index is 12.5. The Balaban J connectivity index is 1.65. The third kappa shape index (κ3) is 4.01. The maximum Gasteiger partial charge on any atom is 0.414 e. The molecule has 0 N–H and O–H groups in total. The minimum atomic E-state index is -2.96. The van der Waals surface area contributed by atoms with Crippen molar-refractivity contribution in [1.82, 2.24) is 9.55 Å². The zero-order valence-electron chi connectivity index (χ0n) is 19.0. The van der Waals surface area contributed by atoms with E-state index in [0.717, 1.165) is 46.5 Å². The number of hydrogen-bond acceptors (Lipinski definition) is 5. The highest BCUT2D eigenvalue weighted by atomic mass is 32.2. The third-order valence-electron chi connectivity index (χ3n) is 6.99. The maximum atomic E-state index is 12.5. The van der Waals surface area contributed by atoms with Crippen LogP contribution >= 0.6 is 0 Å². The summed E-state index contributed by atoms with van der Waals surface area (Å²) in [5.41, 5.74) is 5.01. The van der Waals surface area contributed by atoms with Crippen LogP contribution in [0.3, 0.4) is 0 Å². The van der Waals surface area contributed by atoms with Gasteiger partial charge in [-0.25, -0.2) is 18.2 Å². The number of aryl methyl sites for hydroxylation is 1. The van der Waals surface area contributed by atoms with E-state index in [4.69, 9.17) is 9.72 Å². The van der Waals surface area contributed by atoms with Crippen LogP contribution in [0.2, 0.25) is 0 Å². The number of carbonyl (C=O) groups excluding carboxylic acids is 1. The van der Waals surface area contributed by atoms with Crippen molar-refractivity contribution in [3.63, 3.8) is 0 Å². The molecule has 0 aliphatic carbocycles. The summed E-state index contributed by atoms with van der Waals surface area (Å²) in [6.45, 7) is 2.03. The van der Waals surface area contributed by atoms with Gasteiger partial charge in [0.25, 0.3) is 0 Å². The van der Waals surface area contributed by atoms with E-state index >= 15 is 0 Å². The molecule has 1 atom stereocenters. The van der Waals surface area contributed by atoms with Crippen LogP contribution in [0.5, 0.6) is 0 Å². The molecule has 3 aromatic rings. The quantitative estimate of drug-likeness (QED) is 0.574. The largest absolute Gasteiger partial charge is 0.452 e. The number of carbonyl (C=O) groups is 1. The summed E-state index contributed by atoms with van der Waals surface area (Å²) in [5.74, 6) is 1.36. The molecule has 7 nitrogen and oxygen atoms in total. The molecule has 1 saturated heterocycles. The lowest BCUT2D eigenvalue weighted by molar-refractivity contribution is 0.175. The molecule has 1 aromatic heterocycles. The third-order valence-corrected chi connectivity index (χ3v) is 8.71. The van der Waals surface area contributed by atoms with Gasteiger partial charge in [-0.2, -0.15) is 0 Å². The molecule has 8 heteroatoms. The Morgan fingerprint density at radius 3 is 2.52 bits per heavy atom.